The quantitative estimate of drug-likeness (QED) is 0.802. The van der Waals surface area contributed by atoms with E-state index in [4.69, 9.17) is 0 Å². The van der Waals surface area contributed by atoms with Gasteiger partial charge in [0.25, 0.3) is 0 Å². The van der Waals surface area contributed by atoms with Gasteiger partial charge in [0.15, 0.2) is 0 Å². The number of carbonyl (C=O) groups excluding carboxylic acids is 1. The van der Waals surface area contributed by atoms with E-state index in [0.29, 0.717) is 18.9 Å². The minimum absolute atomic E-state index is 0.0226. The second-order valence-electron chi connectivity index (χ2n) is 6.54. The van der Waals surface area contributed by atoms with Gasteiger partial charge in [-0.3, -0.25) is 14.7 Å². The zero-order valence-corrected chi connectivity index (χ0v) is 13.2. The zero-order valence-electron chi connectivity index (χ0n) is 13.2. The fourth-order valence-corrected chi connectivity index (χ4v) is 4.04. The Morgan fingerprint density at radius 1 is 1.27 bits per heavy atom. The number of piperidine rings is 2. The summed E-state index contributed by atoms with van der Waals surface area (Å²) in [6.07, 6.45) is 10.7. The lowest BCUT2D eigenvalue weighted by Gasteiger charge is -2.52. The smallest absolute Gasteiger partial charge is 0.223 e. The van der Waals surface area contributed by atoms with E-state index in [1.54, 1.807) is 0 Å². The second kappa shape index (κ2) is 6.61. The molecule has 1 aromatic rings. The van der Waals surface area contributed by atoms with Crippen LogP contribution < -0.4 is 0 Å². The average molecular weight is 299 g/mol. The Morgan fingerprint density at radius 2 is 2.05 bits per heavy atom. The van der Waals surface area contributed by atoms with Crippen molar-refractivity contribution < 1.29 is 4.79 Å². The van der Waals surface area contributed by atoms with Crippen molar-refractivity contribution in [2.24, 2.45) is 0 Å². The molecule has 0 radical (unpaired) electrons. The molecule has 22 heavy (non-hydrogen) atoms. The lowest BCUT2D eigenvalue weighted by molar-refractivity contribution is -0.144. The predicted octanol–water partition coefficient (Wildman–Crippen LogP) is 2.61. The van der Waals surface area contributed by atoms with Crippen molar-refractivity contribution in [1.82, 2.24) is 14.8 Å². The number of rotatable bonds is 4. The molecule has 118 valence electrons. The second-order valence-corrected chi connectivity index (χ2v) is 6.54. The van der Waals surface area contributed by atoms with Crippen LogP contribution in [-0.2, 0) is 11.3 Å². The summed E-state index contributed by atoms with van der Waals surface area (Å²) < 4.78 is 0. The van der Waals surface area contributed by atoms with Crippen LogP contribution in [0.3, 0.4) is 0 Å². The number of amides is 1. The Labute approximate surface area is 132 Å². The van der Waals surface area contributed by atoms with Gasteiger partial charge in [-0.2, -0.15) is 0 Å². The molecule has 4 heteroatoms. The Bertz CT molecular complexity index is 526. The average Bonchev–Trinajstić information content (AvgIpc) is 2.53. The van der Waals surface area contributed by atoms with Crippen molar-refractivity contribution in [2.45, 2.75) is 44.2 Å². The van der Waals surface area contributed by atoms with Crippen LogP contribution in [0.4, 0.5) is 0 Å². The Balaban J connectivity index is 1.75. The molecular weight excluding hydrogens is 274 g/mol. The van der Waals surface area contributed by atoms with Crippen molar-refractivity contribution in [3.8, 4) is 0 Å². The summed E-state index contributed by atoms with van der Waals surface area (Å²) in [6.45, 7) is 7.56. The molecule has 3 heterocycles. The lowest BCUT2D eigenvalue weighted by Crippen LogP contribution is -2.62. The summed E-state index contributed by atoms with van der Waals surface area (Å²) in [5.74, 6) is 0.303. The summed E-state index contributed by atoms with van der Waals surface area (Å²) >= 11 is 0. The summed E-state index contributed by atoms with van der Waals surface area (Å²) in [6, 6.07) is 4.16. The molecule has 1 atom stereocenters. The first kappa shape index (κ1) is 15.2. The Morgan fingerprint density at radius 3 is 2.82 bits per heavy atom. The Hall–Kier alpha value is -1.68. The molecule has 0 bridgehead atoms. The molecular formula is C18H25N3O. The number of likely N-dealkylation sites (tertiary alicyclic amines) is 2. The van der Waals surface area contributed by atoms with Crippen molar-refractivity contribution in [2.75, 3.05) is 19.6 Å². The molecule has 0 aromatic carbocycles. The van der Waals surface area contributed by atoms with Gasteiger partial charge in [0.05, 0.1) is 5.54 Å². The van der Waals surface area contributed by atoms with Crippen molar-refractivity contribution in [3.63, 3.8) is 0 Å². The first-order chi connectivity index (χ1) is 10.7. The molecule has 3 rings (SSSR count). The number of carbonyl (C=O) groups is 1. The number of nitrogens with zero attached hydrogens (tertiary/aromatic N) is 3. The highest BCUT2D eigenvalue weighted by Crippen LogP contribution is 2.37. The number of pyridine rings is 1. The van der Waals surface area contributed by atoms with Gasteiger partial charge in [-0.15, -0.1) is 6.58 Å². The standard InChI is InChI=1S/C18H25N3O/c1-2-12-21-17(22)5-3-8-18(21)9-4-13-20(15-18)14-16-6-10-19-11-7-16/h2,6-7,10-11H,1,3-5,8-9,12-15H2/t18-/m1/s1. The van der Waals surface area contributed by atoms with Crippen molar-refractivity contribution in [1.29, 1.82) is 0 Å². The van der Waals surface area contributed by atoms with E-state index in [2.05, 4.69) is 33.5 Å². The van der Waals surface area contributed by atoms with Gasteiger partial charge in [-0.05, 0) is 49.9 Å². The summed E-state index contributed by atoms with van der Waals surface area (Å²) in [5, 5.41) is 0. The minimum atomic E-state index is 0.0226. The van der Waals surface area contributed by atoms with E-state index in [9.17, 15) is 4.79 Å². The highest BCUT2D eigenvalue weighted by molar-refractivity contribution is 5.78. The van der Waals surface area contributed by atoms with Crippen LogP contribution >= 0.6 is 0 Å². The van der Waals surface area contributed by atoms with Gasteiger partial charge in [-0.1, -0.05) is 6.08 Å². The van der Waals surface area contributed by atoms with Gasteiger partial charge >= 0.3 is 0 Å². The largest absolute Gasteiger partial charge is 0.332 e. The van der Waals surface area contributed by atoms with Crippen LogP contribution in [0.15, 0.2) is 37.2 Å². The highest BCUT2D eigenvalue weighted by atomic mass is 16.2. The third-order valence-corrected chi connectivity index (χ3v) is 5.01. The minimum Gasteiger partial charge on any atom is -0.332 e. The van der Waals surface area contributed by atoms with Crippen LogP contribution in [0.2, 0.25) is 0 Å². The van der Waals surface area contributed by atoms with Gasteiger partial charge < -0.3 is 4.90 Å². The maximum absolute atomic E-state index is 12.4. The fourth-order valence-electron chi connectivity index (χ4n) is 4.04. The summed E-state index contributed by atoms with van der Waals surface area (Å²) in [5.41, 5.74) is 1.32. The van der Waals surface area contributed by atoms with Gasteiger partial charge in [0, 0.05) is 38.4 Å². The lowest BCUT2D eigenvalue weighted by atomic mass is 9.79. The zero-order chi connectivity index (χ0) is 15.4. The van der Waals surface area contributed by atoms with Crippen LogP contribution in [-0.4, -0.2) is 45.9 Å². The van der Waals surface area contributed by atoms with Gasteiger partial charge in [-0.25, -0.2) is 0 Å². The van der Waals surface area contributed by atoms with Crippen LogP contribution in [0.25, 0.3) is 0 Å². The predicted molar refractivity (Wildman–Crippen MR) is 87.2 cm³/mol. The third kappa shape index (κ3) is 3.07. The SMILES string of the molecule is C=CCN1C(=O)CCC[C@]12CCCN(Cc1ccncc1)C2. The Kier molecular flexibility index (Phi) is 4.57. The van der Waals surface area contributed by atoms with Crippen LogP contribution in [0.1, 0.15) is 37.7 Å². The summed E-state index contributed by atoms with van der Waals surface area (Å²) in [4.78, 5) is 21.1. The normalized spacial score (nSPS) is 26.4. The topological polar surface area (TPSA) is 36.4 Å². The van der Waals surface area contributed by atoms with E-state index in [1.165, 1.54) is 5.56 Å². The van der Waals surface area contributed by atoms with Crippen LogP contribution in [0.5, 0.6) is 0 Å². The number of aromatic nitrogens is 1. The molecule has 1 amide bonds. The molecule has 1 aromatic heterocycles. The van der Waals surface area contributed by atoms with E-state index >= 15 is 0 Å². The maximum atomic E-state index is 12.4. The van der Waals surface area contributed by atoms with E-state index in [1.807, 2.05) is 18.5 Å². The molecule has 0 saturated carbocycles. The molecule has 1 spiro atoms. The molecule has 0 unspecified atom stereocenters. The summed E-state index contributed by atoms with van der Waals surface area (Å²) in [7, 11) is 0. The number of hydrogen-bond acceptors (Lipinski definition) is 3. The van der Waals surface area contributed by atoms with Crippen molar-refractivity contribution >= 4 is 5.91 Å². The molecule has 4 nitrogen and oxygen atoms in total. The highest BCUT2D eigenvalue weighted by Gasteiger charge is 2.44. The van der Waals surface area contributed by atoms with E-state index < -0.39 is 0 Å². The van der Waals surface area contributed by atoms with E-state index in [-0.39, 0.29) is 5.54 Å². The van der Waals surface area contributed by atoms with E-state index in [0.717, 1.165) is 45.3 Å². The first-order valence-electron chi connectivity index (χ1n) is 8.26. The van der Waals surface area contributed by atoms with Crippen molar-refractivity contribution in [3.05, 3.63) is 42.7 Å². The van der Waals surface area contributed by atoms with Gasteiger partial charge in [0.2, 0.25) is 5.91 Å². The fraction of sp³-hybridized carbons (Fsp3) is 0.556. The molecule has 2 aliphatic heterocycles. The molecule has 2 saturated heterocycles. The monoisotopic (exact) mass is 299 g/mol. The van der Waals surface area contributed by atoms with Crippen LogP contribution in [0, 0.1) is 0 Å². The molecule has 0 N–H and O–H groups in total. The number of hydrogen-bond donors (Lipinski definition) is 0. The molecule has 2 aliphatic rings. The maximum Gasteiger partial charge on any atom is 0.223 e. The van der Waals surface area contributed by atoms with Gasteiger partial charge in [0.1, 0.15) is 0 Å². The third-order valence-electron chi connectivity index (χ3n) is 5.01. The molecule has 2 fully saturated rings. The molecule has 0 aliphatic carbocycles. The first-order valence-corrected chi connectivity index (χ1v) is 8.26.